The van der Waals surface area contributed by atoms with Crippen molar-refractivity contribution < 1.29 is 4.79 Å². The van der Waals surface area contributed by atoms with Crippen LogP contribution in [0.5, 0.6) is 0 Å². The van der Waals surface area contributed by atoms with Crippen LogP contribution in [0.3, 0.4) is 0 Å². The quantitative estimate of drug-likeness (QED) is 0.795. The van der Waals surface area contributed by atoms with Crippen molar-refractivity contribution in [3.8, 4) is 0 Å². The topological polar surface area (TPSA) is 62.2 Å². The third-order valence-corrected chi connectivity index (χ3v) is 4.46. The zero-order valence-corrected chi connectivity index (χ0v) is 16.7. The molecule has 1 aliphatic rings. The SMILES string of the molecule is CCCN(CC(=O)Nc1c(C)nn(C)c1C)C1CCNCC1.Cl.Cl. The van der Waals surface area contributed by atoms with Crippen LogP contribution in [0, 0.1) is 13.8 Å². The summed E-state index contributed by atoms with van der Waals surface area (Å²) in [6.07, 6.45) is 3.32. The van der Waals surface area contributed by atoms with Gasteiger partial charge in [0.15, 0.2) is 0 Å². The number of halogens is 2. The predicted octanol–water partition coefficient (Wildman–Crippen LogP) is 2.28. The second-order valence-electron chi connectivity index (χ2n) is 6.17. The summed E-state index contributed by atoms with van der Waals surface area (Å²) in [4.78, 5) is 14.8. The number of aromatic nitrogens is 2. The lowest BCUT2D eigenvalue weighted by Gasteiger charge is -2.34. The Kier molecular flexibility index (Phi) is 10.6. The first kappa shape index (κ1) is 23.2. The molecule has 1 amide bonds. The van der Waals surface area contributed by atoms with Crippen LogP contribution in [0.25, 0.3) is 0 Å². The molecule has 0 spiro atoms. The molecule has 2 N–H and O–H groups in total. The number of aryl methyl sites for hydroxylation is 2. The first-order chi connectivity index (χ1) is 10.5. The Balaban J connectivity index is 0.00000264. The van der Waals surface area contributed by atoms with Gasteiger partial charge >= 0.3 is 0 Å². The summed E-state index contributed by atoms with van der Waals surface area (Å²) in [6, 6.07) is 0.517. The molecule has 0 atom stereocenters. The van der Waals surface area contributed by atoms with Crippen LogP contribution in [0.2, 0.25) is 0 Å². The highest BCUT2D eigenvalue weighted by Crippen LogP contribution is 2.19. The van der Waals surface area contributed by atoms with Crippen LogP contribution in [0.1, 0.15) is 37.6 Å². The summed E-state index contributed by atoms with van der Waals surface area (Å²) in [6.45, 7) is 9.61. The molecule has 1 saturated heterocycles. The van der Waals surface area contributed by atoms with Gasteiger partial charge in [-0.05, 0) is 52.7 Å². The molecular weight excluding hydrogens is 349 g/mol. The van der Waals surface area contributed by atoms with Crippen molar-refractivity contribution in [1.82, 2.24) is 20.0 Å². The highest BCUT2D eigenvalue weighted by atomic mass is 35.5. The first-order valence-corrected chi connectivity index (χ1v) is 8.27. The molecule has 0 unspecified atom stereocenters. The van der Waals surface area contributed by atoms with Crippen molar-refractivity contribution in [3.63, 3.8) is 0 Å². The fraction of sp³-hybridized carbons (Fsp3) is 0.750. The van der Waals surface area contributed by atoms with E-state index in [4.69, 9.17) is 0 Å². The van der Waals surface area contributed by atoms with Crippen LogP contribution >= 0.6 is 24.8 Å². The second-order valence-corrected chi connectivity index (χ2v) is 6.17. The Morgan fingerprint density at radius 1 is 1.33 bits per heavy atom. The van der Waals surface area contributed by atoms with Gasteiger partial charge in [0, 0.05) is 13.1 Å². The van der Waals surface area contributed by atoms with Gasteiger partial charge in [0.1, 0.15) is 0 Å². The fourth-order valence-corrected chi connectivity index (χ4v) is 3.17. The molecule has 2 heterocycles. The van der Waals surface area contributed by atoms with Gasteiger partial charge in [0.25, 0.3) is 0 Å². The van der Waals surface area contributed by atoms with Crippen LogP contribution < -0.4 is 10.6 Å². The minimum Gasteiger partial charge on any atom is -0.322 e. The van der Waals surface area contributed by atoms with E-state index in [1.807, 2.05) is 25.6 Å². The summed E-state index contributed by atoms with van der Waals surface area (Å²) in [5.74, 6) is 0.0613. The molecule has 0 saturated carbocycles. The largest absolute Gasteiger partial charge is 0.322 e. The predicted molar refractivity (Wildman–Crippen MR) is 104 cm³/mol. The van der Waals surface area contributed by atoms with Crippen LogP contribution in [0.15, 0.2) is 0 Å². The maximum absolute atomic E-state index is 12.4. The molecule has 140 valence electrons. The molecule has 0 bridgehead atoms. The fourth-order valence-electron chi connectivity index (χ4n) is 3.17. The van der Waals surface area contributed by atoms with Crippen molar-refractivity contribution in [2.75, 3.05) is 31.5 Å². The van der Waals surface area contributed by atoms with Gasteiger partial charge in [0.2, 0.25) is 5.91 Å². The third-order valence-electron chi connectivity index (χ3n) is 4.46. The molecule has 2 rings (SSSR count). The first-order valence-electron chi connectivity index (χ1n) is 8.27. The van der Waals surface area contributed by atoms with E-state index >= 15 is 0 Å². The van der Waals surface area contributed by atoms with Crippen molar-refractivity contribution in [1.29, 1.82) is 0 Å². The van der Waals surface area contributed by atoms with Gasteiger partial charge in [0.05, 0.1) is 23.6 Å². The Morgan fingerprint density at radius 2 is 1.96 bits per heavy atom. The molecule has 6 nitrogen and oxygen atoms in total. The summed E-state index contributed by atoms with van der Waals surface area (Å²) >= 11 is 0. The lowest BCUT2D eigenvalue weighted by Crippen LogP contribution is -2.46. The van der Waals surface area contributed by atoms with E-state index in [2.05, 4.69) is 27.6 Å². The van der Waals surface area contributed by atoms with Crippen molar-refractivity contribution in [2.24, 2.45) is 7.05 Å². The highest BCUT2D eigenvalue weighted by Gasteiger charge is 2.23. The monoisotopic (exact) mass is 379 g/mol. The molecule has 0 aliphatic carbocycles. The van der Waals surface area contributed by atoms with E-state index in [9.17, 15) is 4.79 Å². The summed E-state index contributed by atoms with van der Waals surface area (Å²) in [5.41, 5.74) is 2.72. The van der Waals surface area contributed by atoms with E-state index in [0.29, 0.717) is 12.6 Å². The van der Waals surface area contributed by atoms with Gasteiger partial charge in [-0.2, -0.15) is 5.10 Å². The molecular formula is C16H31Cl2N5O. The maximum Gasteiger partial charge on any atom is 0.238 e. The van der Waals surface area contributed by atoms with Crippen LogP contribution in [-0.4, -0.2) is 52.8 Å². The number of hydrogen-bond donors (Lipinski definition) is 2. The number of rotatable bonds is 6. The van der Waals surface area contributed by atoms with Crippen molar-refractivity contribution in [2.45, 2.75) is 46.1 Å². The number of nitrogens with zero attached hydrogens (tertiary/aromatic N) is 3. The van der Waals surface area contributed by atoms with E-state index < -0.39 is 0 Å². The second kappa shape index (κ2) is 10.9. The van der Waals surface area contributed by atoms with Gasteiger partial charge in [-0.3, -0.25) is 14.4 Å². The zero-order chi connectivity index (χ0) is 16.1. The minimum absolute atomic E-state index is 0. The number of hydrogen-bond acceptors (Lipinski definition) is 4. The summed E-state index contributed by atoms with van der Waals surface area (Å²) in [7, 11) is 1.90. The standard InChI is InChI=1S/C16H29N5O.2ClH/c1-5-10-21(14-6-8-17-9-7-14)11-15(22)18-16-12(2)19-20(4)13(16)3;;/h14,17H,5-11H2,1-4H3,(H,18,22);2*1H. The van der Waals surface area contributed by atoms with E-state index in [-0.39, 0.29) is 30.7 Å². The molecule has 1 aromatic heterocycles. The van der Waals surface area contributed by atoms with Gasteiger partial charge in [-0.15, -0.1) is 24.8 Å². The minimum atomic E-state index is 0. The molecule has 24 heavy (non-hydrogen) atoms. The van der Waals surface area contributed by atoms with E-state index in [0.717, 1.165) is 56.0 Å². The van der Waals surface area contributed by atoms with Gasteiger partial charge < -0.3 is 10.6 Å². The number of carbonyl (C=O) groups is 1. The molecule has 1 aliphatic heterocycles. The zero-order valence-electron chi connectivity index (χ0n) is 15.1. The highest BCUT2D eigenvalue weighted by molar-refractivity contribution is 5.93. The molecule has 8 heteroatoms. The van der Waals surface area contributed by atoms with Crippen molar-refractivity contribution >= 4 is 36.4 Å². The molecule has 0 radical (unpaired) electrons. The van der Waals surface area contributed by atoms with Gasteiger partial charge in [-0.25, -0.2) is 0 Å². The van der Waals surface area contributed by atoms with Gasteiger partial charge in [-0.1, -0.05) is 6.92 Å². The number of amides is 1. The molecule has 0 aromatic carbocycles. The van der Waals surface area contributed by atoms with Crippen molar-refractivity contribution in [3.05, 3.63) is 11.4 Å². The van der Waals surface area contributed by atoms with Crippen LogP contribution in [-0.2, 0) is 11.8 Å². The number of anilines is 1. The Hall–Kier alpha value is -0.820. The molecule has 1 fully saturated rings. The average molecular weight is 380 g/mol. The molecule has 1 aromatic rings. The smallest absolute Gasteiger partial charge is 0.238 e. The lowest BCUT2D eigenvalue weighted by molar-refractivity contribution is -0.118. The lowest BCUT2D eigenvalue weighted by atomic mass is 10.0. The Labute approximate surface area is 157 Å². The Morgan fingerprint density at radius 3 is 2.46 bits per heavy atom. The number of piperidine rings is 1. The normalized spacial score (nSPS) is 14.9. The Bertz CT molecular complexity index is 515. The van der Waals surface area contributed by atoms with E-state index in [1.165, 1.54) is 0 Å². The van der Waals surface area contributed by atoms with E-state index in [1.54, 1.807) is 0 Å². The maximum atomic E-state index is 12.4. The van der Waals surface area contributed by atoms with Crippen LogP contribution in [0.4, 0.5) is 5.69 Å². The summed E-state index contributed by atoms with van der Waals surface area (Å²) < 4.78 is 1.81. The number of carbonyl (C=O) groups excluding carboxylic acids is 1. The third kappa shape index (κ3) is 5.92. The number of nitrogens with one attached hydrogen (secondary N) is 2. The summed E-state index contributed by atoms with van der Waals surface area (Å²) in [5, 5.41) is 10.8. The average Bonchev–Trinajstić information content (AvgIpc) is 2.74.